The summed E-state index contributed by atoms with van der Waals surface area (Å²) in [6.45, 7) is 0. The molecule has 0 aromatic heterocycles. The second-order valence-corrected chi connectivity index (χ2v) is 4.30. The molecule has 0 amide bonds. The molecule has 2 aromatic rings. The number of anilines is 1. The van der Waals surface area contributed by atoms with Crippen LogP contribution in [0.2, 0.25) is 0 Å². The van der Waals surface area contributed by atoms with Crippen LogP contribution in [0.5, 0.6) is 17.2 Å². The lowest BCUT2D eigenvalue weighted by Gasteiger charge is -2.16. The van der Waals surface area contributed by atoms with Crippen LogP contribution in [0.25, 0.3) is 0 Å². The summed E-state index contributed by atoms with van der Waals surface area (Å²) in [6, 6.07) is 10.4. The van der Waals surface area contributed by atoms with Crippen LogP contribution in [0.15, 0.2) is 36.4 Å². The molecule has 2 N–H and O–H groups in total. The summed E-state index contributed by atoms with van der Waals surface area (Å²) in [5.41, 5.74) is 7.13. The largest absolute Gasteiger partial charge is 0.493 e. The molecule has 0 unspecified atom stereocenters. The molecular weight excluding hydrogens is 270 g/mol. The smallest absolute Gasteiger partial charge is 0.205 e. The van der Waals surface area contributed by atoms with Gasteiger partial charge < -0.3 is 19.9 Å². The van der Waals surface area contributed by atoms with Crippen LogP contribution in [-0.2, 0) is 0 Å². The quantitative estimate of drug-likeness (QED) is 0.676. The van der Waals surface area contributed by atoms with E-state index in [9.17, 15) is 4.79 Å². The highest BCUT2D eigenvalue weighted by molar-refractivity contribution is 6.13. The second kappa shape index (κ2) is 6.17. The summed E-state index contributed by atoms with van der Waals surface area (Å²) >= 11 is 0. The number of rotatable bonds is 5. The van der Waals surface area contributed by atoms with Gasteiger partial charge in [0, 0.05) is 5.56 Å². The Labute approximate surface area is 123 Å². The molecule has 110 valence electrons. The molecule has 0 fully saturated rings. The molecule has 0 aliphatic carbocycles. The number of nitrogen functional groups attached to an aromatic ring is 1. The molecule has 0 bridgehead atoms. The lowest BCUT2D eigenvalue weighted by atomic mass is 10.0. The molecule has 2 rings (SSSR count). The van der Waals surface area contributed by atoms with Crippen molar-refractivity contribution < 1.29 is 19.0 Å². The van der Waals surface area contributed by atoms with Gasteiger partial charge in [0.15, 0.2) is 17.3 Å². The first-order valence-electron chi connectivity index (χ1n) is 6.32. The standard InChI is InChI=1S/C16H17NO4/c1-19-12-9-11(13(17)16(21-3)15(12)20-2)14(18)10-7-5-4-6-8-10/h4-9H,17H2,1-3H3. The summed E-state index contributed by atoms with van der Waals surface area (Å²) in [5, 5.41) is 0. The van der Waals surface area contributed by atoms with Gasteiger partial charge in [0.05, 0.1) is 32.6 Å². The van der Waals surface area contributed by atoms with E-state index in [1.807, 2.05) is 6.07 Å². The molecule has 2 aromatic carbocycles. The van der Waals surface area contributed by atoms with Crippen molar-refractivity contribution in [3.63, 3.8) is 0 Å². The third-order valence-electron chi connectivity index (χ3n) is 3.15. The molecular formula is C16H17NO4. The number of ketones is 1. The van der Waals surface area contributed by atoms with Crippen LogP contribution in [0.1, 0.15) is 15.9 Å². The van der Waals surface area contributed by atoms with Crippen molar-refractivity contribution in [2.45, 2.75) is 0 Å². The molecule has 0 saturated heterocycles. The summed E-state index contributed by atoms with van der Waals surface area (Å²) in [5.74, 6) is 0.841. The molecule has 0 spiro atoms. The predicted octanol–water partition coefficient (Wildman–Crippen LogP) is 2.53. The van der Waals surface area contributed by atoms with E-state index in [0.717, 1.165) is 0 Å². The SMILES string of the molecule is COc1cc(C(=O)c2ccccc2)c(N)c(OC)c1OC. The summed E-state index contributed by atoms with van der Waals surface area (Å²) in [6.07, 6.45) is 0. The zero-order valence-electron chi connectivity index (χ0n) is 12.2. The van der Waals surface area contributed by atoms with Crippen LogP contribution < -0.4 is 19.9 Å². The topological polar surface area (TPSA) is 70.8 Å². The van der Waals surface area contributed by atoms with E-state index in [4.69, 9.17) is 19.9 Å². The number of benzene rings is 2. The fraction of sp³-hybridized carbons (Fsp3) is 0.188. The molecule has 0 heterocycles. The average Bonchev–Trinajstić information content (AvgIpc) is 2.54. The van der Waals surface area contributed by atoms with Crippen molar-refractivity contribution in [2.75, 3.05) is 27.1 Å². The van der Waals surface area contributed by atoms with Crippen molar-refractivity contribution in [2.24, 2.45) is 0 Å². The maximum Gasteiger partial charge on any atom is 0.205 e. The molecule has 5 nitrogen and oxygen atoms in total. The van der Waals surface area contributed by atoms with Crippen molar-refractivity contribution in [3.8, 4) is 17.2 Å². The van der Waals surface area contributed by atoms with E-state index >= 15 is 0 Å². The molecule has 0 aliphatic heterocycles. The Bertz CT molecular complexity index is 653. The highest BCUT2D eigenvalue weighted by Crippen LogP contribution is 2.44. The Morgan fingerprint density at radius 3 is 2.10 bits per heavy atom. The Hall–Kier alpha value is -2.69. The maximum atomic E-state index is 12.6. The Kier molecular flexibility index (Phi) is 4.33. The van der Waals surface area contributed by atoms with Gasteiger partial charge in [0.2, 0.25) is 5.75 Å². The number of carbonyl (C=O) groups is 1. The first kappa shape index (κ1) is 14.7. The molecule has 5 heteroatoms. The van der Waals surface area contributed by atoms with Gasteiger partial charge in [-0.1, -0.05) is 30.3 Å². The fourth-order valence-electron chi connectivity index (χ4n) is 2.11. The number of hydrogen-bond donors (Lipinski definition) is 1. The summed E-state index contributed by atoms with van der Waals surface area (Å²) < 4.78 is 15.7. The Morgan fingerprint density at radius 1 is 0.952 bits per heavy atom. The summed E-state index contributed by atoms with van der Waals surface area (Å²) in [7, 11) is 4.44. The number of ether oxygens (including phenoxy) is 3. The van der Waals surface area contributed by atoms with Gasteiger partial charge in [0.1, 0.15) is 0 Å². The third-order valence-corrected chi connectivity index (χ3v) is 3.15. The lowest BCUT2D eigenvalue weighted by Crippen LogP contribution is -2.09. The maximum absolute atomic E-state index is 12.6. The minimum absolute atomic E-state index is 0.202. The van der Waals surface area contributed by atoms with Crippen molar-refractivity contribution in [1.29, 1.82) is 0 Å². The number of hydrogen-bond acceptors (Lipinski definition) is 5. The van der Waals surface area contributed by atoms with Gasteiger partial charge in [-0.05, 0) is 6.07 Å². The summed E-state index contributed by atoms with van der Waals surface area (Å²) in [4.78, 5) is 12.6. The van der Waals surface area contributed by atoms with Crippen LogP contribution >= 0.6 is 0 Å². The van der Waals surface area contributed by atoms with E-state index in [-0.39, 0.29) is 17.2 Å². The number of methoxy groups -OCH3 is 3. The highest BCUT2D eigenvalue weighted by Gasteiger charge is 2.23. The van der Waals surface area contributed by atoms with E-state index in [1.165, 1.54) is 21.3 Å². The van der Waals surface area contributed by atoms with Crippen molar-refractivity contribution in [1.82, 2.24) is 0 Å². The van der Waals surface area contributed by atoms with Gasteiger partial charge in [0.25, 0.3) is 0 Å². The normalized spacial score (nSPS) is 10.0. The first-order chi connectivity index (χ1) is 10.1. The van der Waals surface area contributed by atoms with Crippen molar-refractivity contribution >= 4 is 11.5 Å². The van der Waals surface area contributed by atoms with E-state index in [0.29, 0.717) is 22.6 Å². The molecule has 0 aliphatic rings. The predicted molar refractivity (Wildman–Crippen MR) is 80.4 cm³/mol. The zero-order valence-corrected chi connectivity index (χ0v) is 12.2. The van der Waals surface area contributed by atoms with Crippen LogP contribution in [0, 0.1) is 0 Å². The second-order valence-electron chi connectivity index (χ2n) is 4.30. The molecule has 0 saturated carbocycles. The van der Waals surface area contributed by atoms with Gasteiger partial charge in [-0.2, -0.15) is 0 Å². The van der Waals surface area contributed by atoms with Gasteiger partial charge >= 0.3 is 0 Å². The molecule has 0 radical (unpaired) electrons. The first-order valence-corrected chi connectivity index (χ1v) is 6.32. The average molecular weight is 287 g/mol. The lowest BCUT2D eigenvalue weighted by molar-refractivity contribution is 0.103. The van der Waals surface area contributed by atoms with Gasteiger partial charge in [-0.3, -0.25) is 4.79 Å². The molecule has 0 atom stereocenters. The van der Waals surface area contributed by atoms with E-state index < -0.39 is 0 Å². The van der Waals surface area contributed by atoms with E-state index in [1.54, 1.807) is 30.3 Å². The Morgan fingerprint density at radius 2 is 1.57 bits per heavy atom. The number of carbonyl (C=O) groups excluding carboxylic acids is 1. The van der Waals surface area contributed by atoms with Gasteiger partial charge in [-0.15, -0.1) is 0 Å². The van der Waals surface area contributed by atoms with Crippen LogP contribution in [0.3, 0.4) is 0 Å². The van der Waals surface area contributed by atoms with Crippen LogP contribution in [-0.4, -0.2) is 27.1 Å². The van der Waals surface area contributed by atoms with E-state index in [2.05, 4.69) is 0 Å². The van der Waals surface area contributed by atoms with Crippen molar-refractivity contribution in [3.05, 3.63) is 47.5 Å². The number of nitrogens with two attached hydrogens (primary N) is 1. The monoisotopic (exact) mass is 287 g/mol. The zero-order chi connectivity index (χ0) is 15.4. The Balaban J connectivity index is 2.62. The third kappa shape index (κ3) is 2.63. The van der Waals surface area contributed by atoms with Gasteiger partial charge in [-0.25, -0.2) is 0 Å². The van der Waals surface area contributed by atoms with Crippen LogP contribution in [0.4, 0.5) is 5.69 Å². The fourth-order valence-corrected chi connectivity index (χ4v) is 2.11. The minimum Gasteiger partial charge on any atom is -0.493 e. The minimum atomic E-state index is -0.202. The molecule has 21 heavy (non-hydrogen) atoms. The highest BCUT2D eigenvalue weighted by atomic mass is 16.5.